The third-order valence-electron chi connectivity index (χ3n) is 9.33. The molecule has 3 aliphatic rings. The van der Waals surface area contributed by atoms with E-state index in [0.717, 1.165) is 21.9 Å². The molecule has 2 heterocycles. The molecule has 3 fully saturated rings. The van der Waals surface area contributed by atoms with Crippen LogP contribution in [0.5, 0.6) is 0 Å². The molecule has 1 aliphatic heterocycles. The number of thiazole rings is 1. The first-order valence-electron chi connectivity index (χ1n) is 15.3. The average molecular weight is 634 g/mol. The quantitative estimate of drug-likeness (QED) is 0.282. The molecule has 0 radical (unpaired) electrons. The lowest BCUT2D eigenvalue weighted by Crippen LogP contribution is -2.50. The molecule has 3 unspecified atom stereocenters. The lowest BCUT2D eigenvalue weighted by molar-refractivity contribution is -0.130. The second-order valence-electron chi connectivity index (χ2n) is 12.0. The Bertz CT molecular complexity index is 1490. The number of amides is 3. The Morgan fingerprint density at radius 1 is 0.977 bits per heavy atom. The average Bonchev–Trinajstić information content (AvgIpc) is 3.80. The molecule has 4 atom stereocenters. The summed E-state index contributed by atoms with van der Waals surface area (Å²) < 4.78 is 0.973. The molecule has 1 aromatic heterocycles. The van der Waals surface area contributed by atoms with Crippen LogP contribution in [-0.2, 0) is 17.1 Å². The van der Waals surface area contributed by atoms with Crippen LogP contribution in [0.4, 0.5) is 5.13 Å². The first-order valence-corrected chi connectivity index (χ1v) is 17.1. The Balaban J connectivity index is 0.969. The van der Waals surface area contributed by atoms with Gasteiger partial charge in [0.25, 0.3) is 11.8 Å². The highest BCUT2D eigenvalue weighted by Gasteiger charge is 2.46. The number of carbonyl (C=O) groups excluding carboxylic acids is 3. The van der Waals surface area contributed by atoms with Crippen molar-refractivity contribution in [3.8, 4) is 0 Å². The molecular weight excluding hydrogens is 595 g/mol. The van der Waals surface area contributed by atoms with E-state index in [1.165, 1.54) is 30.6 Å². The van der Waals surface area contributed by atoms with Crippen molar-refractivity contribution in [1.29, 1.82) is 0 Å². The fraction of sp³-hybridized carbons (Fsp3) is 0.455. The van der Waals surface area contributed by atoms with Crippen molar-refractivity contribution in [2.75, 3.05) is 38.1 Å². The van der Waals surface area contributed by atoms with E-state index in [1.807, 2.05) is 48.5 Å². The number of benzene rings is 2. The third kappa shape index (κ3) is 7.01. The van der Waals surface area contributed by atoms with E-state index in [-0.39, 0.29) is 24.3 Å². The summed E-state index contributed by atoms with van der Waals surface area (Å²) in [5.74, 6) is 2.20. The number of nitrogens with zero attached hydrogens (tertiary/aromatic N) is 3. The van der Waals surface area contributed by atoms with Crippen LogP contribution in [0, 0.1) is 17.8 Å². The monoisotopic (exact) mass is 633 g/mol. The predicted octanol–water partition coefficient (Wildman–Crippen LogP) is 4.49. The van der Waals surface area contributed by atoms with Crippen molar-refractivity contribution in [3.63, 3.8) is 0 Å². The molecule has 3 aromatic rings. The Morgan fingerprint density at radius 2 is 1.73 bits per heavy atom. The molecule has 232 valence electrons. The molecule has 6 rings (SSSR count). The van der Waals surface area contributed by atoms with E-state index >= 15 is 0 Å². The summed E-state index contributed by atoms with van der Waals surface area (Å²) in [7, 11) is 0. The molecule has 2 aromatic carbocycles. The normalized spacial score (nSPS) is 22.8. The Morgan fingerprint density at radius 3 is 2.48 bits per heavy atom. The topological polar surface area (TPSA) is 115 Å². The molecule has 0 spiro atoms. The molecule has 2 saturated carbocycles. The minimum absolute atomic E-state index is 0.0110. The van der Waals surface area contributed by atoms with E-state index in [0.29, 0.717) is 72.0 Å². The van der Waals surface area contributed by atoms with Crippen LogP contribution in [0.15, 0.2) is 58.9 Å². The van der Waals surface area contributed by atoms with Crippen molar-refractivity contribution in [2.45, 2.75) is 48.7 Å². The number of thioether (sulfide) groups is 1. The van der Waals surface area contributed by atoms with Crippen molar-refractivity contribution < 1.29 is 19.5 Å². The van der Waals surface area contributed by atoms with E-state index in [4.69, 9.17) is 0 Å². The van der Waals surface area contributed by atoms with Gasteiger partial charge in [0.2, 0.25) is 5.91 Å². The highest BCUT2D eigenvalue weighted by atomic mass is 32.2. The standard InChI is InChI=1S/C33H39N5O4S2/c1-21(40)37-11-13-38(14-12-37)32(42)27-4-2-3-23(15-27)20-43-29-18-35-33(44-29)36-31(41)24-7-5-22(6-8-24)17-34-30-26-10-9-25(16-26)28(30)19-39/h2-8,15,18,25-26,28,30,34,39H,9-14,16-17,19-20H2,1H3,(H,35,36,41)/t25?,26?,28-,30?/m1/s1. The summed E-state index contributed by atoms with van der Waals surface area (Å²) in [6.45, 7) is 4.77. The zero-order valence-corrected chi connectivity index (χ0v) is 26.5. The Hall–Kier alpha value is -3.25. The second kappa shape index (κ2) is 13.8. The van der Waals surface area contributed by atoms with Crippen molar-refractivity contribution in [2.24, 2.45) is 17.8 Å². The third-order valence-corrected chi connectivity index (χ3v) is 11.5. The SMILES string of the molecule is CC(=O)N1CCN(C(=O)c2cccc(CSc3cnc(NC(=O)c4ccc(CNC5C6CCC(C6)[C@H]5CO)cc4)s3)c2)CC1. The van der Waals surface area contributed by atoms with Gasteiger partial charge in [0, 0.05) is 75.1 Å². The number of aliphatic hydroxyl groups excluding tert-OH is 1. The van der Waals surface area contributed by atoms with Gasteiger partial charge in [-0.3, -0.25) is 19.7 Å². The smallest absolute Gasteiger partial charge is 0.257 e. The molecule has 2 aliphatic carbocycles. The largest absolute Gasteiger partial charge is 0.396 e. The van der Waals surface area contributed by atoms with Gasteiger partial charge in [-0.1, -0.05) is 35.6 Å². The summed E-state index contributed by atoms with van der Waals surface area (Å²) in [5.41, 5.74) is 3.38. The Kier molecular flexibility index (Phi) is 9.65. The number of hydrogen-bond acceptors (Lipinski definition) is 8. The van der Waals surface area contributed by atoms with Gasteiger partial charge < -0.3 is 20.2 Å². The van der Waals surface area contributed by atoms with Crippen LogP contribution in [0.3, 0.4) is 0 Å². The number of carbonyl (C=O) groups is 3. The van der Waals surface area contributed by atoms with Gasteiger partial charge in [-0.15, -0.1) is 11.8 Å². The highest BCUT2D eigenvalue weighted by Crippen LogP contribution is 2.48. The number of nitrogens with one attached hydrogen (secondary N) is 2. The first-order chi connectivity index (χ1) is 21.4. The molecule has 3 amide bonds. The van der Waals surface area contributed by atoms with E-state index in [9.17, 15) is 19.5 Å². The van der Waals surface area contributed by atoms with Crippen molar-refractivity contribution >= 4 is 46.0 Å². The number of fused-ring (bicyclic) bond motifs is 2. The highest BCUT2D eigenvalue weighted by molar-refractivity contribution is 8.00. The number of piperazine rings is 1. The number of anilines is 1. The van der Waals surface area contributed by atoms with Crippen LogP contribution < -0.4 is 10.6 Å². The molecule has 11 heteroatoms. The minimum Gasteiger partial charge on any atom is -0.396 e. The zero-order chi connectivity index (χ0) is 30.6. The molecule has 3 N–H and O–H groups in total. The minimum atomic E-state index is -0.195. The number of aliphatic hydroxyl groups is 1. The number of aromatic nitrogens is 1. The van der Waals surface area contributed by atoms with Crippen LogP contribution in [-0.4, -0.2) is 76.4 Å². The molecular formula is C33H39N5O4S2. The summed E-state index contributed by atoms with van der Waals surface area (Å²) in [6, 6.07) is 15.7. The van der Waals surface area contributed by atoms with Gasteiger partial charge in [0.1, 0.15) is 0 Å². The number of hydrogen-bond donors (Lipinski definition) is 3. The van der Waals surface area contributed by atoms with Crippen molar-refractivity contribution in [3.05, 3.63) is 77.0 Å². The molecule has 44 heavy (non-hydrogen) atoms. The summed E-state index contributed by atoms with van der Waals surface area (Å²) >= 11 is 3.04. The van der Waals surface area contributed by atoms with Gasteiger partial charge >= 0.3 is 0 Å². The maximum atomic E-state index is 13.0. The van der Waals surface area contributed by atoms with Gasteiger partial charge in [-0.2, -0.15) is 0 Å². The van der Waals surface area contributed by atoms with Gasteiger partial charge in [-0.05, 0) is 66.5 Å². The van der Waals surface area contributed by atoms with Gasteiger partial charge in [0.05, 0.1) is 10.4 Å². The first kappa shape index (κ1) is 30.8. The molecule has 2 bridgehead atoms. The molecule has 1 saturated heterocycles. The number of rotatable bonds is 10. The summed E-state index contributed by atoms with van der Waals surface area (Å²) in [4.78, 5) is 45.5. The lowest BCUT2D eigenvalue weighted by Gasteiger charge is -2.34. The maximum absolute atomic E-state index is 13.0. The fourth-order valence-corrected chi connectivity index (χ4v) is 8.72. The predicted molar refractivity (Wildman–Crippen MR) is 173 cm³/mol. The maximum Gasteiger partial charge on any atom is 0.257 e. The zero-order valence-electron chi connectivity index (χ0n) is 24.9. The van der Waals surface area contributed by atoms with E-state index < -0.39 is 0 Å². The van der Waals surface area contributed by atoms with Crippen LogP contribution >= 0.6 is 23.1 Å². The van der Waals surface area contributed by atoms with Gasteiger partial charge in [-0.25, -0.2) is 4.98 Å². The van der Waals surface area contributed by atoms with Gasteiger partial charge in [0.15, 0.2) is 5.13 Å². The fourth-order valence-electron chi connectivity index (χ4n) is 6.91. The summed E-state index contributed by atoms with van der Waals surface area (Å²) in [5, 5.41) is 17.0. The molecule has 9 nitrogen and oxygen atoms in total. The van der Waals surface area contributed by atoms with Crippen LogP contribution in [0.25, 0.3) is 0 Å². The van der Waals surface area contributed by atoms with E-state index in [1.54, 1.807) is 34.7 Å². The van der Waals surface area contributed by atoms with E-state index in [2.05, 4.69) is 15.6 Å². The Labute approximate surface area is 266 Å². The lowest BCUT2D eigenvalue weighted by atomic mass is 9.85. The second-order valence-corrected chi connectivity index (χ2v) is 14.3. The summed E-state index contributed by atoms with van der Waals surface area (Å²) in [6.07, 6.45) is 5.50. The van der Waals surface area contributed by atoms with Crippen molar-refractivity contribution in [1.82, 2.24) is 20.1 Å². The van der Waals surface area contributed by atoms with Crippen LogP contribution in [0.1, 0.15) is 58.0 Å². The van der Waals surface area contributed by atoms with Crippen LogP contribution in [0.2, 0.25) is 0 Å².